The molecule has 1 aromatic carbocycles. The lowest BCUT2D eigenvalue weighted by atomic mass is 10.1. The van der Waals surface area contributed by atoms with Gasteiger partial charge in [-0.2, -0.15) is 8.75 Å². The fraction of sp³-hybridized carbons (Fsp3) is 0.0909. The Hall–Kier alpha value is -1.86. The second-order valence-corrected chi connectivity index (χ2v) is 5.58. The van der Waals surface area contributed by atoms with Crippen LogP contribution in [0.5, 0.6) is 0 Å². The number of nitro benzene ring substituents is 1. The minimum Gasteiger partial charge on any atom is -0.258 e. The van der Waals surface area contributed by atoms with Crippen LogP contribution in [0.4, 0.5) is 5.69 Å². The van der Waals surface area contributed by atoms with Gasteiger partial charge in [-0.1, -0.05) is 0 Å². The van der Waals surface area contributed by atoms with Crippen molar-refractivity contribution in [1.29, 1.82) is 0 Å². The fourth-order valence-electron chi connectivity index (χ4n) is 1.78. The van der Waals surface area contributed by atoms with E-state index in [-0.39, 0.29) is 5.69 Å². The van der Waals surface area contributed by atoms with E-state index >= 15 is 0 Å². The van der Waals surface area contributed by atoms with E-state index in [0.717, 1.165) is 22.2 Å². The average molecular weight is 277 g/mol. The van der Waals surface area contributed by atoms with Gasteiger partial charge in [0.25, 0.3) is 5.69 Å². The van der Waals surface area contributed by atoms with E-state index in [9.17, 15) is 10.1 Å². The van der Waals surface area contributed by atoms with Crippen LogP contribution in [0.1, 0.15) is 4.88 Å². The zero-order chi connectivity index (χ0) is 12.7. The van der Waals surface area contributed by atoms with Crippen molar-refractivity contribution in [2.24, 2.45) is 0 Å². The van der Waals surface area contributed by atoms with Gasteiger partial charge in [-0.25, -0.2) is 0 Å². The Bertz CT molecular complexity index is 748. The molecule has 0 saturated heterocycles. The van der Waals surface area contributed by atoms with Gasteiger partial charge in [0, 0.05) is 21.4 Å². The van der Waals surface area contributed by atoms with E-state index in [1.54, 1.807) is 17.4 Å². The smallest absolute Gasteiger partial charge is 0.258 e. The maximum Gasteiger partial charge on any atom is 0.298 e. The van der Waals surface area contributed by atoms with Gasteiger partial charge in [0.05, 0.1) is 16.7 Å². The molecule has 0 aliphatic carbocycles. The number of aromatic nitrogens is 2. The molecule has 3 aromatic rings. The van der Waals surface area contributed by atoms with Gasteiger partial charge < -0.3 is 0 Å². The zero-order valence-corrected chi connectivity index (χ0v) is 10.9. The highest BCUT2D eigenvalue weighted by molar-refractivity contribution is 7.15. The molecule has 90 valence electrons. The number of benzene rings is 1. The molecule has 0 unspecified atom stereocenters. The van der Waals surface area contributed by atoms with Gasteiger partial charge in [0.2, 0.25) is 0 Å². The lowest BCUT2D eigenvalue weighted by Crippen LogP contribution is -1.90. The first kappa shape index (κ1) is 11.2. The Morgan fingerprint density at radius 2 is 1.94 bits per heavy atom. The highest BCUT2D eigenvalue weighted by Gasteiger charge is 2.19. The summed E-state index contributed by atoms with van der Waals surface area (Å²) < 4.78 is 8.21. The Morgan fingerprint density at radius 3 is 2.61 bits per heavy atom. The summed E-state index contributed by atoms with van der Waals surface area (Å²) in [4.78, 5) is 12.7. The summed E-state index contributed by atoms with van der Waals surface area (Å²) in [6, 6.07) is 7.26. The molecule has 0 radical (unpaired) electrons. The monoisotopic (exact) mass is 277 g/mol. The molecular formula is C11H7N3O2S2. The predicted octanol–water partition coefficient (Wildman–Crippen LogP) is 3.64. The number of hydrogen-bond donors (Lipinski definition) is 0. The molecule has 3 rings (SSSR count). The molecule has 0 bridgehead atoms. The van der Waals surface area contributed by atoms with Crippen molar-refractivity contribution in [3.05, 3.63) is 39.3 Å². The third-order valence-corrected chi connectivity index (χ3v) is 4.16. The molecule has 18 heavy (non-hydrogen) atoms. The third-order valence-electron chi connectivity index (χ3n) is 2.60. The first-order valence-corrected chi connectivity index (χ1v) is 6.68. The molecule has 0 spiro atoms. The standard InChI is InChI=1S/C11H7N3O2S2/c1-6-2-5-9(17-6)7-3-4-8(14(15)16)11-10(7)12-18-13-11/h2-5H,1H3. The molecule has 0 amide bonds. The van der Waals surface area contributed by atoms with Gasteiger partial charge in [-0.15, -0.1) is 11.3 Å². The molecule has 0 atom stereocenters. The molecule has 2 heterocycles. The minimum atomic E-state index is -0.423. The van der Waals surface area contributed by atoms with Crippen molar-refractivity contribution in [2.45, 2.75) is 6.92 Å². The Kier molecular flexibility index (Phi) is 2.57. The highest BCUT2D eigenvalue weighted by Crippen LogP contribution is 2.36. The zero-order valence-electron chi connectivity index (χ0n) is 9.28. The molecule has 0 N–H and O–H groups in total. The number of aryl methyl sites for hydroxylation is 1. The van der Waals surface area contributed by atoms with E-state index < -0.39 is 4.92 Å². The van der Waals surface area contributed by atoms with Crippen LogP contribution in [0.2, 0.25) is 0 Å². The number of fused-ring (bicyclic) bond motifs is 1. The van der Waals surface area contributed by atoms with Crippen LogP contribution in [0.15, 0.2) is 24.3 Å². The third kappa shape index (κ3) is 1.68. The summed E-state index contributed by atoms with van der Waals surface area (Å²) >= 11 is 2.64. The molecule has 5 nitrogen and oxygen atoms in total. The van der Waals surface area contributed by atoms with Gasteiger partial charge in [0.1, 0.15) is 5.52 Å². The predicted molar refractivity (Wildman–Crippen MR) is 72.1 cm³/mol. The van der Waals surface area contributed by atoms with Crippen molar-refractivity contribution in [3.63, 3.8) is 0 Å². The van der Waals surface area contributed by atoms with E-state index in [0.29, 0.717) is 11.0 Å². The maximum absolute atomic E-state index is 10.9. The topological polar surface area (TPSA) is 68.9 Å². The molecule has 0 saturated carbocycles. The van der Waals surface area contributed by atoms with E-state index in [2.05, 4.69) is 8.75 Å². The number of non-ortho nitro benzene ring substituents is 1. The Labute approximate surface area is 110 Å². The van der Waals surface area contributed by atoms with Crippen LogP contribution in [0, 0.1) is 17.0 Å². The van der Waals surface area contributed by atoms with Crippen LogP contribution >= 0.6 is 23.1 Å². The number of thiophene rings is 1. The fourth-order valence-corrected chi connectivity index (χ4v) is 3.24. The largest absolute Gasteiger partial charge is 0.298 e. The Morgan fingerprint density at radius 1 is 1.17 bits per heavy atom. The van der Waals surface area contributed by atoms with Crippen LogP contribution in [-0.2, 0) is 0 Å². The summed E-state index contributed by atoms with van der Waals surface area (Å²) in [6.45, 7) is 2.02. The number of nitrogens with zero attached hydrogens (tertiary/aromatic N) is 3. The van der Waals surface area contributed by atoms with Crippen LogP contribution in [-0.4, -0.2) is 13.7 Å². The summed E-state index contributed by atoms with van der Waals surface area (Å²) in [5.41, 5.74) is 1.89. The van der Waals surface area contributed by atoms with E-state index in [1.807, 2.05) is 19.1 Å². The van der Waals surface area contributed by atoms with Crippen LogP contribution < -0.4 is 0 Å². The first-order valence-electron chi connectivity index (χ1n) is 5.13. The van der Waals surface area contributed by atoms with Crippen molar-refractivity contribution in [3.8, 4) is 10.4 Å². The van der Waals surface area contributed by atoms with Crippen molar-refractivity contribution in [2.75, 3.05) is 0 Å². The van der Waals surface area contributed by atoms with Gasteiger partial charge in [0.15, 0.2) is 5.52 Å². The quantitative estimate of drug-likeness (QED) is 0.529. The van der Waals surface area contributed by atoms with Crippen molar-refractivity contribution in [1.82, 2.24) is 8.75 Å². The molecule has 0 aliphatic heterocycles. The average Bonchev–Trinajstić information content (AvgIpc) is 2.95. The second-order valence-electron chi connectivity index (χ2n) is 3.76. The summed E-state index contributed by atoms with van der Waals surface area (Å²) in [5, 5.41) is 10.9. The van der Waals surface area contributed by atoms with Gasteiger partial charge in [-0.05, 0) is 25.1 Å². The van der Waals surface area contributed by atoms with Crippen LogP contribution in [0.25, 0.3) is 21.5 Å². The lowest BCUT2D eigenvalue weighted by molar-refractivity contribution is -0.383. The van der Waals surface area contributed by atoms with Crippen molar-refractivity contribution >= 4 is 39.8 Å². The maximum atomic E-state index is 10.9. The van der Waals surface area contributed by atoms with Crippen LogP contribution in [0.3, 0.4) is 0 Å². The van der Waals surface area contributed by atoms with Crippen molar-refractivity contribution < 1.29 is 4.92 Å². The lowest BCUT2D eigenvalue weighted by Gasteiger charge is -1.98. The molecule has 7 heteroatoms. The summed E-state index contributed by atoms with van der Waals surface area (Å²) in [5.74, 6) is 0. The van der Waals surface area contributed by atoms with Gasteiger partial charge in [-0.3, -0.25) is 10.1 Å². The second kappa shape index (κ2) is 4.11. The number of nitro groups is 1. The molecule has 0 fully saturated rings. The molecular weight excluding hydrogens is 270 g/mol. The molecule has 2 aromatic heterocycles. The summed E-state index contributed by atoms with van der Waals surface area (Å²) in [6.07, 6.45) is 0. The normalized spacial score (nSPS) is 10.9. The highest BCUT2D eigenvalue weighted by atomic mass is 32.1. The van der Waals surface area contributed by atoms with E-state index in [1.165, 1.54) is 10.9 Å². The van der Waals surface area contributed by atoms with E-state index in [4.69, 9.17) is 0 Å². The minimum absolute atomic E-state index is 0.00998. The molecule has 0 aliphatic rings. The first-order chi connectivity index (χ1) is 8.66. The SMILES string of the molecule is Cc1ccc(-c2ccc([N+](=O)[O-])c3nsnc23)s1. The Balaban J connectivity index is 2.29. The number of hydrogen-bond acceptors (Lipinski definition) is 6. The summed E-state index contributed by atoms with van der Waals surface area (Å²) in [7, 11) is 0. The number of rotatable bonds is 2. The van der Waals surface area contributed by atoms with Gasteiger partial charge >= 0.3 is 0 Å².